The van der Waals surface area contributed by atoms with Gasteiger partial charge in [0.2, 0.25) is 0 Å². The topological polar surface area (TPSA) is 66.5 Å². The van der Waals surface area contributed by atoms with E-state index in [9.17, 15) is 4.79 Å². The van der Waals surface area contributed by atoms with Gasteiger partial charge in [-0.2, -0.15) is 0 Å². The summed E-state index contributed by atoms with van der Waals surface area (Å²) in [7, 11) is 6.52. The third-order valence-corrected chi connectivity index (χ3v) is 6.36. The van der Waals surface area contributed by atoms with E-state index in [4.69, 9.17) is 23.7 Å². The second kappa shape index (κ2) is 9.37. The van der Waals surface area contributed by atoms with Gasteiger partial charge in [-0.3, -0.25) is 4.90 Å². The minimum atomic E-state index is -0.354. The molecule has 0 amide bonds. The van der Waals surface area contributed by atoms with Crippen molar-refractivity contribution in [3.05, 3.63) is 47.1 Å². The Morgan fingerprint density at radius 1 is 1.03 bits per heavy atom. The normalized spacial score (nSPS) is 26.9. The van der Waals surface area contributed by atoms with Gasteiger partial charge in [0, 0.05) is 49.1 Å². The minimum absolute atomic E-state index is 0.0490. The molecule has 170 valence electrons. The molecule has 0 aromatic heterocycles. The van der Waals surface area contributed by atoms with Crippen molar-refractivity contribution in [1.82, 2.24) is 4.90 Å². The highest BCUT2D eigenvalue weighted by atomic mass is 16.7. The Bertz CT molecular complexity index is 977. The highest BCUT2D eigenvalue weighted by Crippen LogP contribution is 2.41. The smallest absolute Gasteiger partial charge is 0.331 e. The van der Waals surface area contributed by atoms with Gasteiger partial charge in [-0.15, -0.1) is 0 Å². The summed E-state index contributed by atoms with van der Waals surface area (Å²) in [6, 6.07) is 5.69. The predicted octanol–water partition coefficient (Wildman–Crippen LogP) is 2.69. The van der Waals surface area contributed by atoms with Gasteiger partial charge in [0.1, 0.15) is 17.6 Å². The van der Waals surface area contributed by atoms with Crippen LogP contribution in [0.25, 0.3) is 0 Å². The van der Waals surface area contributed by atoms with Gasteiger partial charge in [0.25, 0.3) is 0 Å². The molecule has 2 unspecified atom stereocenters. The number of ether oxygens (including phenoxy) is 5. The van der Waals surface area contributed by atoms with Gasteiger partial charge in [-0.1, -0.05) is 17.9 Å². The van der Waals surface area contributed by atoms with Crippen molar-refractivity contribution in [3.63, 3.8) is 0 Å². The summed E-state index contributed by atoms with van der Waals surface area (Å²) in [6.07, 6.45) is 4.76. The van der Waals surface area contributed by atoms with E-state index in [-0.39, 0.29) is 36.5 Å². The second-order valence-electron chi connectivity index (χ2n) is 8.13. The number of esters is 1. The molecule has 32 heavy (non-hydrogen) atoms. The maximum atomic E-state index is 12.2. The zero-order chi connectivity index (χ0) is 22.8. The number of methoxy groups -OCH3 is 4. The summed E-state index contributed by atoms with van der Waals surface area (Å²) in [5, 5.41) is 0. The first-order valence-electron chi connectivity index (χ1n) is 10.7. The number of hydrogen-bond donors (Lipinski definition) is 0. The quantitative estimate of drug-likeness (QED) is 0.397. The standard InChI is InChI=1S/C25H29NO6/c1-15-10-17(7-6-16-11-18(28-2)13-19(12-16)29-3)20-14-23(27)32-24(20)21-8-9-22(26(15)21)25(30-4)31-5/h10-15,21-22,24-25H,8-9H2,1-5H3/t15-,21+,22?,24?/m0/s1. The Morgan fingerprint density at radius 2 is 1.72 bits per heavy atom. The Labute approximate surface area is 188 Å². The lowest BCUT2D eigenvalue weighted by atomic mass is 9.96. The van der Waals surface area contributed by atoms with Crippen LogP contribution in [0.2, 0.25) is 0 Å². The summed E-state index contributed by atoms with van der Waals surface area (Å²) >= 11 is 0. The summed E-state index contributed by atoms with van der Waals surface area (Å²) in [4.78, 5) is 14.6. The maximum Gasteiger partial charge on any atom is 0.331 e. The highest BCUT2D eigenvalue weighted by molar-refractivity contribution is 5.88. The van der Waals surface area contributed by atoms with Crippen LogP contribution in [0, 0.1) is 11.8 Å². The van der Waals surface area contributed by atoms with Crippen molar-refractivity contribution in [1.29, 1.82) is 0 Å². The summed E-state index contributed by atoms with van der Waals surface area (Å²) < 4.78 is 27.6. The molecule has 1 aromatic rings. The van der Waals surface area contributed by atoms with Gasteiger partial charge >= 0.3 is 5.97 Å². The third-order valence-electron chi connectivity index (χ3n) is 6.36. The number of nitrogens with zero attached hydrogens (tertiary/aromatic N) is 1. The van der Waals surface area contributed by atoms with E-state index >= 15 is 0 Å². The third kappa shape index (κ3) is 4.14. The van der Waals surface area contributed by atoms with E-state index in [1.807, 2.05) is 12.1 Å². The monoisotopic (exact) mass is 439 g/mol. The van der Waals surface area contributed by atoms with E-state index in [1.54, 1.807) is 40.6 Å². The Kier molecular flexibility index (Phi) is 6.56. The molecule has 3 aliphatic heterocycles. The van der Waals surface area contributed by atoms with Crippen LogP contribution in [0.4, 0.5) is 0 Å². The van der Waals surface area contributed by atoms with Crippen molar-refractivity contribution < 1.29 is 28.5 Å². The lowest BCUT2D eigenvalue weighted by molar-refractivity contribution is -0.153. The molecular weight excluding hydrogens is 410 g/mol. The van der Waals surface area contributed by atoms with Gasteiger partial charge in [0.05, 0.1) is 26.3 Å². The first-order valence-corrected chi connectivity index (χ1v) is 10.7. The van der Waals surface area contributed by atoms with Gasteiger partial charge < -0.3 is 23.7 Å². The zero-order valence-corrected chi connectivity index (χ0v) is 19.1. The van der Waals surface area contributed by atoms with E-state index in [0.29, 0.717) is 11.5 Å². The zero-order valence-electron chi connectivity index (χ0n) is 19.1. The molecule has 3 aliphatic rings. The molecule has 4 rings (SSSR count). The van der Waals surface area contributed by atoms with Crippen LogP contribution >= 0.6 is 0 Å². The number of fused-ring (bicyclic) bond motifs is 3. The molecule has 0 bridgehead atoms. The molecule has 4 atom stereocenters. The van der Waals surface area contributed by atoms with Gasteiger partial charge in [-0.25, -0.2) is 4.79 Å². The molecule has 1 saturated heterocycles. The lowest BCUT2D eigenvalue weighted by Gasteiger charge is -2.37. The summed E-state index contributed by atoms with van der Waals surface area (Å²) in [5.74, 6) is 7.49. The number of carbonyl (C=O) groups is 1. The minimum Gasteiger partial charge on any atom is -0.497 e. The van der Waals surface area contributed by atoms with E-state index < -0.39 is 0 Å². The van der Waals surface area contributed by atoms with Crippen LogP contribution in [0.3, 0.4) is 0 Å². The molecule has 7 nitrogen and oxygen atoms in total. The molecular formula is C25H29NO6. The summed E-state index contributed by atoms with van der Waals surface area (Å²) in [6.45, 7) is 2.13. The van der Waals surface area contributed by atoms with Gasteiger partial charge in [-0.05, 0) is 31.9 Å². The fourth-order valence-corrected chi connectivity index (χ4v) is 4.99. The van der Waals surface area contributed by atoms with Crippen molar-refractivity contribution in [2.24, 2.45) is 0 Å². The second-order valence-corrected chi connectivity index (χ2v) is 8.13. The molecule has 1 fully saturated rings. The van der Waals surface area contributed by atoms with E-state index in [1.165, 1.54) is 0 Å². The fraction of sp³-hybridized carbons (Fsp3) is 0.480. The summed E-state index contributed by atoms with van der Waals surface area (Å²) in [5.41, 5.74) is 2.40. The molecule has 3 heterocycles. The van der Waals surface area contributed by atoms with Crippen LogP contribution in [0.5, 0.6) is 11.5 Å². The Morgan fingerprint density at radius 3 is 2.34 bits per heavy atom. The molecule has 0 radical (unpaired) electrons. The van der Waals surface area contributed by atoms with Crippen LogP contribution in [-0.4, -0.2) is 69.8 Å². The molecule has 1 aromatic carbocycles. The van der Waals surface area contributed by atoms with E-state index in [2.05, 4.69) is 29.7 Å². The van der Waals surface area contributed by atoms with Crippen LogP contribution in [0.15, 0.2) is 41.5 Å². The first-order chi connectivity index (χ1) is 15.5. The average Bonchev–Trinajstić information content (AvgIpc) is 3.38. The SMILES string of the molecule is COc1cc(C#CC2=C[C@H](C)N3C(C(OC)OC)CC[C@@H]3C3OC(=O)C=C23)cc(OC)c1. The molecule has 0 N–H and O–H groups in total. The van der Waals surface area contributed by atoms with Crippen LogP contribution in [0.1, 0.15) is 25.3 Å². The molecule has 0 saturated carbocycles. The van der Waals surface area contributed by atoms with Crippen LogP contribution in [-0.2, 0) is 19.0 Å². The largest absolute Gasteiger partial charge is 0.497 e. The molecule has 0 spiro atoms. The van der Waals surface area contributed by atoms with E-state index in [0.717, 1.165) is 29.6 Å². The van der Waals surface area contributed by atoms with Gasteiger partial charge in [0.15, 0.2) is 6.29 Å². The maximum absolute atomic E-state index is 12.2. The Hall–Kier alpha value is -2.79. The predicted molar refractivity (Wildman–Crippen MR) is 118 cm³/mol. The molecule has 7 heteroatoms. The molecule has 0 aliphatic carbocycles. The van der Waals surface area contributed by atoms with Crippen molar-refractivity contribution >= 4 is 5.97 Å². The number of benzene rings is 1. The van der Waals surface area contributed by atoms with Crippen molar-refractivity contribution in [3.8, 4) is 23.3 Å². The fourth-order valence-electron chi connectivity index (χ4n) is 4.99. The van der Waals surface area contributed by atoms with Crippen molar-refractivity contribution in [2.45, 2.75) is 50.3 Å². The first kappa shape index (κ1) is 22.4. The number of hydrogen-bond acceptors (Lipinski definition) is 7. The number of rotatable bonds is 5. The number of carbonyl (C=O) groups excluding carboxylic acids is 1. The van der Waals surface area contributed by atoms with Crippen molar-refractivity contribution in [2.75, 3.05) is 28.4 Å². The average molecular weight is 440 g/mol. The highest BCUT2D eigenvalue weighted by Gasteiger charge is 2.49. The Balaban J connectivity index is 1.72. The van der Waals surface area contributed by atoms with Crippen LogP contribution < -0.4 is 9.47 Å². The lowest BCUT2D eigenvalue weighted by Crippen LogP contribution is -2.51.